The number of carbonyl (C=O) groups excluding carboxylic acids is 2. The molecule has 8 heteroatoms. The van der Waals surface area contributed by atoms with Crippen molar-refractivity contribution in [3.8, 4) is 17.2 Å². The summed E-state index contributed by atoms with van der Waals surface area (Å²) in [6, 6.07) is 31.7. The molecule has 8 nitrogen and oxygen atoms in total. The normalized spacial score (nSPS) is 16.7. The zero-order chi connectivity index (χ0) is 31.3. The van der Waals surface area contributed by atoms with Crippen LogP contribution in [0.2, 0.25) is 0 Å². The lowest BCUT2D eigenvalue weighted by molar-refractivity contribution is -0.138. The molecule has 0 aromatic heterocycles. The zero-order valence-corrected chi connectivity index (χ0v) is 26.0. The van der Waals surface area contributed by atoms with Gasteiger partial charge in [-0.25, -0.2) is 0 Å². The molecule has 0 aliphatic carbocycles. The third-order valence-corrected chi connectivity index (χ3v) is 8.91. The van der Waals surface area contributed by atoms with Crippen LogP contribution in [-0.4, -0.2) is 80.6 Å². The lowest BCUT2D eigenvalue weighted by Crippen LogP contribution is -2.54. The molecule has 1 atom stereocenters. The van der Waals surface area contributed by atoms with Crippen LogP contribution in [0.25, 0.3) is 0 Å². The highest BCUT2D eigenvalue weighted by molar-refractivity contribution is 5.99. The minimum atomic E-state index is -0.730. The molecule has 1 saturated heterocycles. The van der Waals surface area contributed by atoms with Gasteiger partial charge in [-0.05, 0) is 40.8 Å². The van der Waals surface area contributed by atoms with E-state index in [-0.39, 0.29) is 17.9 Å². The van der Waals surface area contributed by atoms with Crippen LogP contribution in [0, 0.1) is 0 Å². The third-order valence-electron chi connectivity index (χ3n) is 8.91. The summed E-state index contributed by atoms with van der Waals surface area (Å²) >= 11 is 0. The quantitative estimate of drug-likeness (QED) is 0.269. The number of piperazine rings is 1. The zero-order valence-electron chi connectivity index (χ0n) is 26.0. The van der Waals surface area contributed by atoms with Crippen molar-refractivity contribution < 1.29 is 23.8 Å². The summed E-state index contributed by atoms with van der Waals surface area (Å²) in [5.41, 5.74) is 4.80. The maximum absolute atomic E-state index is 14.5. The number of benzene rings is 4. The standard InChI is InChI=1S/C37H39N3O5/c1-43-31-24-29(25-32(44-2)35(31)45-3)36(41)40-19-18-26-12-10-11-17-30(26)34(40)37(42)39-22-20-38(21-23-39)33(27-13-6-4-7-14-27)28-15-8-5-9-16-28/h4-17,24-25,33-34H,18-23H2,1-3H3. The van der Waals surface area contributed by atoms with Crippen molar-refractivity contribution in [3.05, 3.63) is 125 Å². The number of fused-ring (bicyclic) bond motifs is 1. The maximum Gasteiger partial charge on any atom is 0.255 e. The van der Waals surface area contributed by atoms with Crippen molar-refractivity contribution in [2.24, 2.45) is 0 Å². The van der Waals surface area contributed by atoms with E-state index in [1.165, 1.54) is 32.5 Å². The lowest BCUT2D eigenvalue weighted by Gasteiger charge is -2.43. The number of ether oxygens (including phenoxy) is 3. The maximum atomic E-state index is 14.5. The summed E-state index contributed by atoms with van der Waals surface area (Å²) in [6.07, 6.45) is 0.666. The van der Waals surface area contributed by atoms with Gasteiger partial charge in [-0.15, -0.1) is 0 Å². The minimum absolute atomic E-state index is 0.0569. The second-order valence-corrected chi connectivity index (χ2v) is 11.3. The molecule has 1 fully saturated rings. The molecule has 2 aliphatic heterocycles. The molecule has 45 heavy (non-hydrogen) atoms. The largest absolute Gasteiger partial charge is 0.493 e. The third kappa shape index (κ3) is 5.98. The molecule has 232 valence electrons. The highest BCUT2D eigenvalue weighted by atomic mass is 16.5. The smallest absolute Gasteiger partial charge is 0.255 e. The van der Waals surface area contributed by atoms with Crippen LogP contribution < -0.4 is 14.2 Å². The Morgan fingerprint density at radius 2 is 1.24 bits per heavy atom. The van der Waals surface area contributed by atoms with E-state index in [1.807, 2.05) is 35.2 Å². The van der Waals surface area contributed by atoms with Crippen molar-refractivity contribution in [2.45, 2.75) is 18.5 Å². The van der Waals surface area contributed by atoms with Gasteiger partial charge < -0.3 is 24.0 Å². The van der Waals surface area contributed by atoms with Crippen molar-refractivity contribution >= 4 is 11.8 Å². The summed E-state index contributed by atoms with van der Waals surface area (Å²) in [6.45, 7) is 3.00. The van der Waals surface area contributed by atoms with Gasteiger partial charge in [0.1, 0.15) is 6.04 Å². The van der Waals surface area contributed by atoms with Gasteiger partial charge in [0.05, 0.1) is 27.4 Å². The summed E-state index contributed by atoms with van der Waals surface area (Å²) in [7, 11) is 4.57. The monoisotopic (exact) mass is 605 g/mol. The number of hydrogen-bond acceptors (Lipinski definition) is 6. The fourth-order valence-corrected chi connectivity index (χ4v) is 6.68. The Morgan fingerprint density at radius 3 is 1.80 bits per heavy atom. The Hall–Kier alpha value is -4.82. The molecule has 0 spiro atoms. The van der Waals surface area contributed by atoms with Crippen LogP contribution in [0.5, 0.6) is 17.2 Å². The van der Waals surface area contributed by atoms with E-state index in [0.29, 0.717) is 48.9 Å². The van der Waals surface area contributed by atoms with Gasteiger partial charge in [-0.2, -0.15) is 0 Å². The number of carbonyl (C=O) groups is 2. The molecule has 0 N–H and O–H groups in total. The van der Waals surface area contributed by atoms with Crippen LogP contribution in [-0.2, 0) is 11.2 Å². The van der Waals surface area contributed by atoms with Crippen molar-refractivity contribution in [1.29, 1.82) is 0 Å². The lowest BCUT2D eigenvalue weighted by atomic mass is 9.90. The number of methoxy groups -OCH3 is 3. The fraction of sp³-hybridized carbons (Fsp3) is 0.297. The molecule has 0 bridgehead atoms. The van der Waals surface area contributed by atoms with Crippen molar-refractivity contribution in [3.63, 3.8) is 0 Å². The van der Waals surface area contributed by atoms with E-state index >= 15 is 0 Å². The molecule has 0 radical (unpaired) electrons. The van der Waals surface area contributed by atoms with Gasteiger partial charge in [-0.3, -0.25) is 14.5 Å². The average molecular weight is 606 g/mol. The van der Waals surface area contributed by atoms with E-state index in [2.05, 4.69) is 59.5 Å². The number of hydrogen-bond donors (Lipinski definition) is 0. The van der Waals surface area contributed by atoms with E-state index < -0.39 is 6.04 Å². The molecule has 4 aromatic rings. The summed E-state index contributed by atoms with van der Waals surface area (Å²) in [5.74, 6) is 0.883. The first-order valence-electron chi connectivity index (χ1n) is 15.4. The molecular weight excluding hydrogens is 566 g/mol. The molecule has 4 aromatic carbocycles. The second-order valence-electron chi connectivity index (χ2n) is 11.3. The predicted molar refractivity (Wildman–Crippen MR) is 173 cm³/mol. The first-order chi connectivity index (χ1) is 22.0. The Kier molecular flexibility index (Phi) is 9.03. The summed E-state index contributed by atoms with van der Waals surface area (Å²) in [4.78, 5) is 34.7. The summed E-state index contributed by atoms with van der Waals surface area (Å²) in [5, 5.41) is 0. The highest BCUT2D eigenvalue weighted by Crippen LogP contribution is 2.40. The number of rotatable bonds is 8. The van der Waals surface area contributed by atoms with Crippen molar-refractivity contribution in [1.82, 2.24) is 14.7 Å². The van der Waals surface area contributed by atoms with Crippen LogP contribution >= 0.6 is 0 Å². The van der Waals surface area contributed by atoms with E-state index in [1.54, 1.807) is 17.0 Å². The van der Waals surface area contributed by atoms with Crippen molar-refractivity contribution in [2.75, 3.05) is 54.1 Å². The van der Waals surface area contributed by atoms with Gasteiger partial charge in [0.2, 0.25) is 11.7 Å². The first-order valence-corrected chi connectivity index (χ1v) is 15.4. The summed E-state index contributed by atoms with van der Waals surface area (Å²) < 4.78 is 16.5. The van der Waals surface area contributed by atoms with Crippen LogP contribution in [0.1, 0.15) is 44.7 Å². The molecule has 1 unspecified atom stereocenters. The molecule has 2 heterocycles. The molecular formula is C37H39N3O5. The Balaban J connectivity index is 1.27. The van der Waals surface area contributed by atoms with Gasteiger partial charge in [0, 0.05) is 38.3 Å². The first kappa shape index (κ1) is 30.2. The number of nitrogens with zero attached hydrogens (tertiary/aromatic N) is 3. The average Bonchev–Trinajstić information content (AvgIpc) is 3.11. The van der Waals surface area contributed by atoms with E-state index in [4.69, 9.17) is 14.2 Å². The van der Waals surface area contributed by atoms with E-state index in [9.17, 15) is 9.59 Å². The predicted octanol–water partition coefficient (Wildman–Crippen LogP) is 5.39. The number of amides is 2. The molecule has 0 saturated carbocycles. The van der Waals surface area contributed by atoms with Gasteiger partial charge in [0.25, 0.3) is 5.91 Å². The fourth-order valence-electron chi connectivity index (χ4n) is 6.68. The van der Waals surface area contributed by atoms with Crippen LogP contribution in [0.4, 0.5) is 0 Å². The Labute approximate surface area is 264 Å². The van der Waals surface area contributed by atoms with Gasteiger partial charge in [-0.1, -0.05) is 84.9 Å². The molecule has 2 amide bonds. The van der Waals surface area contributed by atoms with Gasteiger partial charge in [0.15, 0.2) is 11.5 Å². The van der Waals surface area contributed by atoms with E-state index in [0.717, 1.165) is 24.2 Å². The highest BCUT2D eigenvalue weighted by Gasteiger charge is 2.40. The minimum Gasteiger partial charge on any atom is -0.493 e. The Morgan fingerprint density at radius 1 is 0.689 bits per heavy atom. The second kappa shape index (κ2) is 13.4. The molecule has 2 aliphatic rings. The van der Waals surface area contributed by atoms with Crippen LogP contribution in [0.3, 0.4) is 0 Å². The van der Waals surface area contributed by atoms with Gasteiger partial charge >= 0.3 is 0 Å². The molecule has 6 rings (SSSR count). The SMILES string of the molecule is COc1cc(C(=O)N2CCc3ccccc3C2C(=O)N2CCN(C(c3ccccc3)c3ccccc3)CC2)cc(OC)c1OC. The Bertz CT molecular complexity index is 1570. The van der Waals surface area contributed by atoms with Crippen LogP contribution in [0.15, 0.2) is 97.1 Å². The topological polar surface area (TPSA) is 71.6 Å².